The summed E-state index contributed by atoms with van der Waals surface area (Å²) in [7, 11) is 0. The lowest BCUT2D eigenvalue weighted by Crippen LogP contribution is -2.52. The maximum absolute atomic E-state index is 8.86. The van der Waals surface area contributed by atoms with Gasteiger partial charge in [-0.1, -0.05) is 0 Å². The van der Waals surface area contributed by atoms with Crippen LogP contribution in [0, 0.1) is 5.41 Å². The van der Waals surface area contributed by atoms with Gasteiger partial charge in [-0.25, -0.2) is 0 Å². The van der Waals surface area contributed by atoms with Gasteiger partial charge in [-0.2, -0.15) is 0 Å². The Kier molecular flexibility index (Phi) is 2.83. The van der Waals surface area contributed by atoms with E-state index in [1.165, 1.54) is 0 Å². The SMILES string of the molecule is OCCN1CCOCC2(COC2)C1. The van der Waals surface area contributed by atoms with Crippen molar-refractivity contribution in [1.82, 2.24) is 4.90 Å². The van der Waals surface area contributed by atoms with Crippen LogP contribution >= 0.6 is 0 Å². The zero-order chi connectivity index (χ0) is 9.15. The number of β-amino-alcohol motifs (C(OH)–C–C–N with tert-alkyl or cyclic N) is 1. The normalized spacial score (nSPS) is 28.4. The molecule has 0 aromatic heterocycles. The highest BCUT2D eigenvalue weighted by atomic mass is 16.5. The van der Waals surface area contributed by atoms with Crippen LogP contribution in [0.2, 0.25) is 0 Å². The van der Waals surface area contributed by atoms with Crippen LogP contribution in [0.4, 0.5) is 0 Å². The van der Waals surface area contributed by atoms with Crippen molar-refractivity contribution in [1.29, 1.82) is 0 Å². The molecule has 0 saturated carbocycles. The Bertz CT molecular complexity index is 170. The molecule has 1 N–H and O–H groups in total. The van der Waals surface area contributed by atoms with Crippen LogP contribution in [-0.2, 0) is 9.47 Å². The molecular formula is C9H17NO3. The van der Waals surface area contributed by atoms with Gasteiger partial charge in [0.05, 0.1) is 38.4 Å². The summed E-state index contributed by atoms with van der Waals surface area (Å²) in [6.45, 7) is 6.15. The number of hydrogen-bond acceptors (Lipinski definition) is 4. The topological polar surface area (TPSA) is 41.9 Å². The van der Waals surface area contributed by atoms with Crippen LogP contribution in [0.5, 0.6) is 0 Å². The molecule has 13 heavy (non-hydrogen) atoms. The molecule has 0 unspecified atom stereocenters. The van der Waals surface area contributed by atoms with Gasteiger partial charge in [0.15, 0.2) is 0 Å². The molecule has 0 aliphatic carbocycles. The molecule has 1 spiro atoms. The van der Waals surface area contributed by atoms with Gasteiger partial charge in [-0.05, 0) is 0 Å². The third-order valence-corrected chi connectivity index (χ3v) is 2.75. The van der Waals surface area contributed by atoms with Gasteiger partial charge in [0.2, 0.25) is 0 Å². The molecule has 0 amide bonds. The molecule has 0 bridgehead atoms. The fraction of sp³-hybridized carbons (Fsp3) is 1.00. The van der Waals surface area contributed by atoms with Crippen LogP contribution < -0.4 is 0 Å². The highest BCUT2D eigenvalue weighted by Gasteiger charge is 2.41. The van der Waals surface area contributed by atoms with E-state index in [-0.39, 0.29) is 12.0 Å². The molecule has 2 heterocycles. The minimum atomic E-state index is 0.228. The average Bonchev–Trinajstić information content (AvgIpc) is 2.27. The highest BCUT2D eigenvalue weighted by Crippen LogP contribution is 2.30. The van der Waals surface area contributed by atoms with Crippen molar-refractivity contribution in [2.45, 2.75) is 0 Å². The first-order valence-corrected chi connectivity index (χ1v) is 4.83. The summed E-state index contributed by atoms with van der Waals surface area (Å²) in [4.78, 5) is 2.26. The van der Waals surface area contributed by atoms with E-state index in [2.05, 4.69) is 4.90 Å². The minimum Gasteiger partial charge on any atom is -0.395 e. The van der Waals surface area contributed by atoms with Crippen LogP contribution in [0.3, 0.4) is 0 Å². The predicted molar refractivity (Wildman–Crippen MR) is 47.6 cm³/mol. The van der Waals surface area contributed by atoms with Gasteiger partial charge in [0.25, 0.3) is 0 Å². The standard InChI is InChI=1S/C9H17NO3/c11-3-1-10-2-4-12-6-9(5-10)7-13-8-9/h11H,1-8H2. The first kappa shape index (κ1) is 9.40. The van der Waals surface area contributed by atoms with Gasteiger partial charge in [-0.15, -0.1) is 0 Å². The van der Waals surface area contributed by atoms with Crippen LogP contribution in [0.15, 0.2) is 0 Å². The van der Waals surface area contributed by atoms with Crippen LogP contribution in [-0.4, -0.2) is 62.7 Å². The lowest BCUT2D eigenvalue weighted by atomic mass is 9.86. The number of nitrogens with zero attached hydrogens (tertiary/aromatic N) is 1. The zero-order valence-electron chi connectivity index (χ0n) is 7.87. The molecule has 2 aliphatic heterocycles. The molecule has 2 rings (SSSR count). The summed E-state index contributed by atoms with van der Waals surface area (Å²) in [6.07, 6.45) is 0. The van der Waals surface area contributed by atoms with Crippen LogP contribution in [0.25, 0.3) is 0 Å². The Hall–Kier alpha value is -0.160. The maximum atomic E-state index is 8.86. The molecule has 0 aromatic carbocycles. The molecule has 2 aliphatic rings. The van der Waals surface area contributed by atoms with Crippen molar-refractivity contribution in [3.8, 4) is 0 Å². The summed E-state index contributed by atoms with van der Waals surface area (Å²) in [5, 5.41) is 8.86. The third kappa shape index (κ3) is 2.02. The lowest BCUT2D eigenvalue weighted by Gasteiger charge is -2.42. The second-order valence-electron chi connectivity index (χ2n) is 4.05. The molecule has 2 saturated heterocycles. The first-order valence-electron chi connectivity index (χ1n) is 4.83. The quantitative estimate of drug-likeness (QED) is 0.622. The van der Waals surface area contributed by atoms with E-state index in [0.717, 1.165) is 46.1 Å². The Morgan fingerprint density at radius 2 is 2.00 bits per heavy atom. The van der Waals surface area contributed by atoms with Gasteiger partial charge < -0.3 is 14.6 Å². The average molecular weight is 187 g/mol. The molecule has 4 nitrogen and oxygen atoms in total. The van der Waals surface area contributed by atoms with Crippen molar-refractivity contribution in [2.24, 2.45) is 5.41 Å². The van der Waals surface area contributed by atoms with E-state index in [1.54, 1.807) is 0 Å². The lowest BCUT2D eigenvalue weighted by molar-refractivity contribution is -0.145. The summed E-state index contributed by atoms with van der Waals surface area (Å²) >= 11 is 0. The highest BCUT2D eigenvalue weighted by molar-refractivity contribution is 4.90. The van der Waals surface area contributed by atoms with Gasteiger partial charge in [-0.3, -0.25) is 4.90 Å². The second kappa shape index (κ2) is 3.92. The third-order valence-electron chi connectivity index (χ3n) is 2.75. The minimum absolute atomic E-state index is 0.228. The molecular weight excluding hydrogens is 170 g/mol. The van der Waals surface area contributed by atoms with Gasteiger partial charge in [0, 0.05) is 19.6 Å². The summed E-state index contributed by atoms with van der Waals surface area (Å²) < 4.78 is 10.8. The number of hydrogen-bond donors (Lipinski definition) is 1. The van der Waals surface area contributed by atoms with Crippen molar-refractivity contribution in [3.05, 3.63) is 0 Å². The van der Waals surface area contributed by atoms with E-state index in [4.69, 9.17) is 14.6 Å². The van der Waals surface area contributed by atoms with E-state index in [1.807, 2.05) is 0 Å². The van der Waals surface area contributed by atoms with Crippen molar-refractivity contribution in [3.63, 3.8) is 0 Å². The van der Waals surface area contributed by atoms with E-state index >= 15 is 0 Å². The number of rotatable bonds is 2. The fourth-order valence-electron chi connectivity index (χ4n) is 1.98. The molecule has 2 fully saturated rings. The smallest absolute Gasteiger partial charge is 0.0593 e. The Morgan fingerprint density at radius 3 is 2.62 bits per heavy atom. The molecule has 0 radical (unpaired) electrons. The summed E-state index contributed by atoms with van der Waals surface area (Å²) in [5.74, 6) is 0. The summed E-state index contributed by atoms with van der Waals surface area (Å²) in [5.41, 5.74) is 0.228. The monoisotopic (exact) mass is 187 g/mol. The van der Waals surface area contributed by atoms with E-state index in [9.17, 15) is 0 Å². The van der Waals surface area contributed by atoms with Gasteiger partial charge in [0.1, 0.15) is 0 Å². The van der Waals surface area contributed by atoms with Crippen molar-refractivity contribution >= 4 is 0 Å². The van der Waals surface area contributed by atoms with E-state index in [0.29, 0.717) is 0 Å². The zero-order valence-corrected chi connectivity index (χ0v) is 7.87. The maximum Gasteiger partial charge on any atom is 0.0593 e. The number of ether oxygens (including phenoxy) is 2. The predicted octanol–water partition coefficient (Wildman–Crippen LogP) is -0.672. The largest absolute Gasteiger partial charge is 0.395 e. The van der Waals surface area contributed by atoms with Gasteiger partial charge >= 0.3 is 0 Å². The summed E-state index contributed by atoms with van der Waals surface area (Å²) in [6, 6.07) is 0. The second-order valence-corrected chi connectivity index (χ2v) is 4.05. The van der Waals surface area contributed by atoms with Crippen molar-refractivity contribution in [2.75, 3.05) is 52.7 Å². The number of aliphatic hydroxyl groups excluding tert-OH is 1. The molecule has 76 valence electrons. The van der Waals surface area contributed by atoms with E-state index < -0.39 is 0 Å². The molecule has 4 heteroatoms. The number of aliphatic hydroxyl groups is 1. The molecule has 0 aromatic rings. The Labute approximate surface area is 78.4 Å². The van der Waals surface area contributed by atoms with Crippen molar-refractivity contribution < 1.29 is 14.6 Å². The fourth-order valence-corrected chi connectivity index (χ4v) is 1.98. The van der Waals surface area contributed by atoms with Crippen LogP contribution in [0.1, 0.15) is 0 Å². The Morgan fingerprint density at radius 1 is 1.23 bits per heavy atom. The Balaban J connectivity index is 1.90. The first-order chi connectivity index (χ1) is 6.35. The molecule has 0 atom stereocenters.